The lowest BCUT2D eigenvalue weighted by molar-refractivity contribution is -0.124. The number of para-hydroxylation sites is 1. The minimum atomic E-state index is -0.359. The predicted molar refractivity (Wildman–Crippen MR) is 77.1 cm³/mol. The van der Waals surface area contributed by atoms with E-state index >= 15 is 0 Å². The molecule has 0 amide bonds. The van der Waals surface area contributed by atoms with E-state index in [1.165, 1.54) is 0 Å². The van der Waals surface area contributed by atoms with Gasteiger partial charge in [-0.25, -0.2) is 4.98 Å². The summed E-state index contributed by atoms with van der Waals surface area (Å²) in [5, 5.41) is 2.93. The molecule has 3 rings (SSSR count). The Morgan fingerprint density at radius 1 is 1.47 bits per heavy atom. The molecule has 0 radical (unpaired) electrons. The van der Waals surface area contributed by atoms with E-state index in [2.05, 4.69) is 4.98 Å². The van der Waals surface area contributed by atoms with Crippen LogP contribution in [0.15, 0.2) is 34.5 Å². The van der Waals surface area contributed by atoms with E-state index in [4.69, 9.17) is 4.74 Å². The van der Waals surface area contributed by atoms with E-state index in [9.17, 15) is 4.79 Å². The number of hydrogen-bond donors (Lipinski definition) is 0. The highest BCUT2D eigenvalue weighted by Crippen LogP contribution is 2.35. The maximum absolute atomic E-state index is 12.2. The van der Waals surface area contributed by atoms with Gasteiger partial charge >= 0.3 is 0 Å². The average Bonchev–Trinajstić information content (AvgIpc) is 2.83. The van der Waals surface area contributed by atoms with Gasteiger partial charge in [-0.05, 0) is 19.1 Å². The molecule has 0 spiro atoms. The summed E-state index contributed by atoms with van der Waals surface area (Å²) in [6.07, 6.45) is -0.000484. The largest absolute Gasteiger partial charge is 0.481 e. The van der Waals surface area contributed by atoms with Gasteiger partial charge in [0.1, 0.15) is 5.75 Å². The summed E-state index contributed by atoms with van der Waals surface area (Å²) >= 11 is 3.25. The molecule has 5 heteroatoms. The Labute approximate surface area is 120 Å². The van der Waals surface area contributed by atoms with Crippen LogP contribution < -0.4 is 4.74 Å². The maximum atomic E-state index is 12.2. The summed E-state index contributed by atoms with van der Waals surface area (Å²) in [5.41, 5.74) is 0.847. The summed E-state index contributed by atoms with van der Waals surface area (Å²) in [7, 11) is 0. The first-order chi connectivity index (χ1) is 9.22. The minimum Gasteiger partial charge on any atom is -0.481 e. The summed E-state index contributed by atoms with van der Waals surface area (Å²) < 4.78 is 5.78. The first kappa shape index (κ1) is 12.7. The van der Waals surface area contributed by atoms with Crippen LogP contribution in [0.1, 0.15) is 10.7 Å². The third-order valence-corrected chi connectivity index (χ3v) is 4.83. The van der Waals surface area contributed by atoms with Crippen molar-refractivity contribution in [2.75, 3.05) is 5.75 Å². The first-order valence-corrected chi connectivity index (χ1v) is 7.91. The molecule has 1 aromatic carbocycles. The van der Waals surface area contributed by atoms with Crippen molar-refractivity contribution >= 4 is 28.9 Å². The van der Waals surface area contributed by atoms with Crippen LogP contribution in [0.4, 0.5) is 0 Å². The molecule has 1 atom stereocenters. The predicted octanol–water partition coefficient (Wildman–Crippen LogP) is 3.12. The van der Waals surface area contributed by atoms with Crippen molar-refractivity contribution < 1.29 is 9.53 Å². The van der Waals surface area contributed by atoms with E-state index in [0.717, 1.165) is 21.3 Å². The van der Waals surface area contributed by atoms with Crippen LogP contribution in [0.5, 0.6) is 5.75 Å². The molecule has 3 nitrogen and oxygen atoms in total. The number of thiazole rings is 1. The van der Waals surface area contributed by atoms with Crippen LogP contribution in [0.3, 0.4) is 0 Å². The van der Waals surface area contributed by atoms with E-state index in [1.807, 2.05) is 36.6 Å². The number of ether oxygens (including phenoxy) is 1. The molecule has 2 aromatic rings. The molecule has 19 heavy (non-hydrogen) atoms. The van der Waals surface area contributed by atoms with E-state index < -0.39 is 0 Å². The Kier molecular flexibility index (Phi) is 3.57. The number of fused-ring (bicyclic) bond motifs is 1. The smallest absolute Gasteiger partial charge is 0.180 e. The Morgan fingerprint density at radius 2 is 2.32 bits per heavy atom. The number of benzene rings is 1. The fraction of sp³-hybridized carbons (Fsp3) is 0.286. The molecular weight excluding hydrogens is 278 g/mol. The molecule has 0 N–H and O–H groups in total. The SMILES string of the molecule is Cc1nc(CC(=O)C2CSc3ccccc3O2)cs1. The number of aryl methyl sites for hydroxylation is 1. The Bertz CT molecular complexity index is 609. The number of carbonyl (C=O) groups is 1. The van der Waals surface area contributed by atoms with Crippen molar-refractivity contribution in [1.82, 2.24) is 4.98 Å². The van der Waals surface area contributed by atoms with Gasteiger partial charge in [-0.2, -0.15) is 0 Å². The van der Waals surface area contributed by atoms with Crippen molar-refractivity contribution in [2.24, 2.45) is 0 Å². The fourth-order valence-electron chi connectivity index (χ4n) is 1.96. The van der Waals surface area contributed by atoms with Crippen molar-refractivity contribution in [2.45, 2.75) is 24.3 Å². The van der Waals surface area contributed by atoms with Gasteiger partial charge in [0.2, 0.25) is 0 Å². The maximum Gasteiger partial charge on any atom is 0.180 e. The van der Waals surface area contributed by atoms with Crippen LogP contribution in [0.25, 0.3) is 0 Å². The summed E-state index contributed by atoms with van der Waals surface area (Å²) in [6, 6.07) is 7.84. The molecule has 2 heterocycles. The van der Waals surface area contributed by atoms with Crippen LogP contribution in [0.2, 0.25) is 0 Å². The molecule has 1 aliphatic heterocycles. The van der Waals surface area contributed by atoms with E-state index in [0.29, 0.717) is 12.2 Å². The molecule has 1 aliphatic rings. The quantitative estimate of drug-likeness (QED) is 0.871. The van der Waals surface area contributed by atoms with Crippen LogP contribution in [0, 0.1) is 6.92 Å². The highest BCUT2D eigenvalue weighted by atomic mass is 32.2. The van der Waals surface area contributed by atoms with Gasteiger partial charge in [0.25, 0.3) is 0 Å². The topological polar surface area (TPSA) is 39.2 Å². The third-order valence-electron chi connectivity index (χ3n) is 2.89. The van der Waals surface area contributed by atoms with Gasteiger partial charge in [-0.1, -0.05) is 12.1 Å². The molecule has 98 valence electrons. The number of rotatable bonds is 3. The van der Waals surface area contributed by atoms with Crippen LogP contribution in [-0.2, 0) is 11.2 Å². The van der Waals surface area contributed by atoms with Gasteiger partial charge in [0.15, 0.2) is 11.9 Å². The second-order valence-corrected chi connectivity index (χ2v) is 6.49. The molecule has 1 unspecified atom stereocenters. The van der Waals surface area contributed by atoms with E-state index in [-0.39, 0.29) is 11.9 Å². The molecule has 0 bridgehead atoms. The fourth-order valence-corrected chi connectivity index (χ4v) is 3.59. The molecular formula is C14H13NO2S2. The van der Waals surface area contributed by atoms with E-state index in [1.54, 1.807) is 23.1 Å². The van der Waals surface area contributed by atoms with Gasteiger partial charge < -0.3 is 4.74 Å². The number of nitrogens with zero attached hydrogens (tertiary/aromatic N) is 1. The van der Waals surface area contributed by atoms with Crippen molar-refractivity contribution in [3.8, 4) is 5.75 Å². The number of hydrogen-bond acceptors (Lipinski definition) is 5. The summed E-state index contributed by atoms with van der Waals surface area (Å²) in [5.74, 6) is 1.60. The van der Waals surface area contributed by atoms with Crippen molar-refractivity contribution in [1.29, 1.82) is 0 Å². The number of thioether (sulfide) groups is 1. The highest BCUT2D eigenvalue weighted by Gasteiger charge is 2.26. The monoisotopic (exact) mass is 291 g/mol. The summed E-state index contributed by atoms with van der Waals surface area (Å²) in [6.45, 7) is 1.95. The zero-order chi connectivity index (χ0) is 13.2. The second kappa shape index (κ2) is 5.35. The lowest BCUT2D eigenvalue weighted by Crippen LogP contribution is -2.33. The Balaban J connectivity index is 1.69. The van der Waals surface area contributed by atoms with Crippen molar-refractivity contribution in [3.63, 3.8) is 0 Å². The van der Waals surface area contributed by atoms with Gasteiger partial charge in [-0.3, -0.25) is 4.79 Å². The third kappa shape index (κ3) is 2.82. The zero-order valence-electron chi connectivity index (χ0n) is 10.5. The molecule has 0 fully saturated rings. The van der Waals surface area contributed by atoms with Gasteiger partial charge in [-0.15, -0.1) is 23.1 Å². The highest BCUT2D eigenvalue weighted by molar-refractivity contribution is 7.99. The van der Waals surface area contributed by atoms with Crippen molar-refractivity contribution in [3.05, 3.63) is 40.3 Å². The number of carbonyl (C=O) groups excluding carboxylic acids is 1. The second-order valence-electron chi connectivity index (χ2n) is 4.37. The Morgan fingerprint density at radius 3 is 3.11 bits per heavy atom. The van der Waals surface area contributed by atoms with Crippen LogP contribution >= 0.6 is 23.1 Å². The number of Topliss-reactive ketones (excluding diaryl/α,β-unsaturated/α-hetero) is 1. The summed E-state index contributed by atoms with van der Waals surface area (Å²) in [4.78, 5) is 17.6. The minimum absolute atomic E-state index is 0.104. The number of ketones is 1. The molecule has 0 saturated heterocycles. The molecule has 1 aromatic heterocycles. The lowest BCUT2D eigenvalue weighted by Gasteiger charge is -2.24. The standard InChI is InChI=1S/C14H13NO2S2/c1-9-15-10(7-18-9)6-11(16)13-8-19-14-5-3-2-4-12(14)17-13/h2-5,7,13H,6,8H2,1H3. The average molecular weight is 291 g/mol. The first-order valence-electron chi connectivity index (χ1n) is 6.04. The normalized spacial score (nSPS) is 17.6. The van der Waals surface area contributed by atoms with Gasteiger partial charge in [0, 0.05) is 16.0 Å². The molecule has 0 aliphatic carbocycles. The van der Waals surface area contributed by atoms with Gasteiger partial charge in [0.05, 0.1) is 17.1 Å². The number of aromatic nitrogens is 1. The molecule has 0 saturated carbocycles. The lowest BCUT2D eigenvalue weighted by atomic mass is 10.1. The zero-order valence-corrected chi connectivity index (χ0v) is 12.1. The Hall–Kier alpha value is -1.33. The van der Waals surface area contributed by atoms with Crippen LogP contribution in [-0.4, -0.2) is 22.6 Å².